The monoisotopic (exact) mass is 252 g/mol. The minimum absolute atomic E-state index is 0.0402. The molecule has 4 nitrogen and oxygen atoms in total. The summed E-state index contributed by atoms with van der Waals surface area (Å²) in [5.41, 5.74) is 0. The van der Waals surface area contributed by atoms with E-state index in [-0.39, 0.29) is 17.9 Å². The van der Waals surface area contributed by atoms with Crippen LogP contribution in [0, 0.1) is 5.92 Å². The maximum absolute atomic E-state index is 12.5. The second-order valence-electron chi connectivity index (χ2n) is 5.73. The highest BCUT2D eigenvalue weighted by molar-refractivity contribution is 5.87. The number of amides is 2. The van der Waals surface area contributed by atoms with Crippen LogP contribution in [0.2, 0.25) is 0 Å². The lowest BCUT2D eigenvalue weighted by Crippen LogP contribution is -2.53. The number of piperidine rings is 2. The summed E-state index contributed by atoms with van der Waals surface area (Å²) in [4.78, 5) is 27.8. The van der Waals surface area contributed by atoms with Gasteiger partial charge in [-0.2, -0.15) is 0 Å². The lowest BCUT2D eigenvalue weighted by Gasteiger charge is -2.39. The first-order valence-corrected chi connectivity index (χ1v) is 7.15. The zero-order chi connectivity index (χ0) is 13.1. The molecule has 2 rings (SSSR count). The zero-order valence-corrected chi connectivity index (χ0v) is 11.5. The van der Waals surface area contributed by atoms with Crippen LogP contribution in [0.4, 0.5) is 0 Å². The molecule has 4 heteroatoms. The van der Waals surface area contributed by atoms with E-state index in [1.807, 2.05) is 4.90 Å². The molecule has 2 saturated heterocycles. The Hall–Kier alpha value is -1.06. The summed E-state index contributed by atoms with van der Waals surface area (Å²) in [5, 5.41) is 0. The molecule has 2 fully saturated rings. The predicted molar refractivity (Wildman–Crippen MR) is 70.0 cm³/mol. The second kappa shape index (κ2) is 5.72. The molecule has 0 aromatic heterocycles. The summed E-state index contributed by atoms with van der Waals surface area (Å²) in [6.45, 7) is 6.29. The van der Waals surface area contributed by atoms with Crippen molar-refractivity contribution < 1.29 is 9.59 Å². The van der Waals surface area contributed by atoms with E-state index in [4.69, 9.17) is 0 Å². The maximum Gasteiger partial charge on any atom is 0.245 e. The van der Waals surface area contributed by atoms with Gasteiger partial charge in [0.25, 0.3) is 0 Å². The third kappa shape index (κ3) is 2.85. The van der Waals surface area contributed by atoms with Gasteiger partial charge in [0.05, 0.1) is 0 Å². The van der Waals surface area contributed by atoms with E-state index in [1.54, 1.807) is 11.8 Å². The first-order valence-electron chi connectivity index (χ1n) is 7.15. The van der Waals surface area contributed by atoms with E-state index in [0.717, 1.165) is 57.7 Å². The van der Waals surface area contributed by atoms with Gasteiger partial charge in [0.1, 0.15) is 6.04 Å². The standard InChI is InChI=1S/C14H24N2O2/c1-11-6-9-15(10-7-11)14(18)13-5-3-4-8-16(13)12(2)17/h11,13H,3-10H2,1-2H3. The van der Waals surface area contributed by atoms with Gasteiger partial charge in [0.2, 0.25) is 11.8 Å². The van der Waals surface area contributed by atoms with E-state index < -0.39 is 0 Å². The smallest absolute Gasteiger partial charge is 0.245 e. The molecular formula is C14H24N2O2. The van der Waals surface area contributed by atoms with E-state index >= 15 is 0 Å². The fraction of sp³-hybridized carbons (Fsp3) is 0.857. The molecule has 0 spiro atoms. The molecule has 0 aromatic carbocycles. The van der Waals surface area contributed by atoms with Gasteiger partial charge in [0.15, 0.2) is 0 Å². The summed E-state index contributed by atoms with van der Waals surface area (Å²) in [5.74, 6) is 0.944. The van der Waals surface area contributed by atoms with Crippen molar-refractivity contribution in [1.82, 2.24) is 9.80 Å². The van der Waals surface area contributed by atoms with Crippen LogP contribution >= 0.6 is 0 Å². The topological polar surface area (TPSA) is 40.6 Å². The molecule has 18 heavy (non-hydrogen) atoms. The third-order valence-corrected chi connectivity index (χ3v) is 4.29. The highest BCUT2D eigenvalue weighted by atomic mass is 16.2. The molecular weight excluding hydrogens is 228 g/mol. The van der Waals surface area contributed by atoms with Gasteiger partial charge < -0.3 is 9.80 Å². The van der Waals surface area contributed by atoms with Crippen molar-refractivity contribution in [1.29, 1.82) is 0 Å². The summed E-state index contributed by atoms with van der Waals surface area (Å²) in [7, 11) is 0. The van der Waals surface area contributed by atoms with Crippen molar-refractivity contribution in [3.63, 3.8) is 0 Å². The van der Waals surface area contributed by atoms with Crippen LogP contribution in [-0.2, 0) is 9.59 Å². The fourth-order valence-electron chi connectivity index (χ4n) is 3.00. The number of likely N-dealkylation sites (tertiary alicyclic amines) is 2. The van der Waals surface area contributed by atoms with E-state index in [2.05, 4.69) is 6.92 Å². The molecule has 0 bridgehead atoms. The van der Waals surface area contributed by atoms with Crippen molar-refractivity contribution in [2.75, 3.05) is 19.6 Å². The molecule has 2 aliphatic rings. The Morgan fingerprint density at radius 3 is 2.28 bits per heavy atom. The van der Waals surface area contributed by atoms with Crippen molar-refractivity contribution in [3.8, 4) is 0 Å². The second-order valence-corrected chi connectivity index (χ2v) is 5.73. The fourth-order valence-corrected chi connectivity index (χ4v) is 3.00. The lowest BCUT2D eigenvalue weighted by atomic mass is 9.96. The average Bonchev–Trinajstić information content (AvgIpc) is 2.39. The SMILES string of the molecule is CC(=O)N1CCCCC1C(=O)N1CCC(C)CC1. The summed E-state index contributed by atoms with van der Waals surface area (Å²) >= 11 is 0. The van der Waals surface area contributed by atoms with Gasteiger partial charge in [-0.25, -0.2) is 0 Å². The predicted octanol–water partition coefficient (Wildman–Crippen LogP) is 1.65. The number of hydrogen-bond donors (Lipinski definition) is 0. The minimum atomic E-state index is -0.190. The molecule has 0 saturated carbocycles. The number of nitrogens with zero attached hydrogens (tertiary/aromatic N) is 2. The number of hydrogen-bond acceptors (Lipinski definition) is 2. The lowest BCUT2D eigenvalue weighted by molar-refractivity contribution is -0.147. The first kappa shape index (κ1) is 13.4. The number of carbonyl (C=O) groups is 2. The highest BCUT2D eigenvalue weighted by Crippen LogP contribution is 2.22. The average molecular weight is 252 g/mol. The van der Waals surface area contributed by atoms with Crippen molar-refractivity contribution in [3.05, 3.63) is 0 Å². The van der Waals surface area contributed by atoms with Crippen LogP contribution < -0.4 is 0 Å². The molecule has 0 aromatic rings. The van der Waals surface area contributed by atoms with Crippen LogP contribution in [-0.4, -0.2) is 47.3 Å². The zero-order valence-electron chi connectivity index (χ0n) is 11.5. The quantitative estimate of drug-likeness (QED) is 0.712. The van der Waals surface area contributed by atoms with Crippen LogP contribution in [0.3, 0.4) is 0 Å². The normalized spacial score (nSPS) is 26.2. The maximum atomic E-state index is 12.5. The Morgan fingerprint density at radius 2 is 1.67 bits per heavy atom. The van der Waals surface area contributed by atoms with Gasteiger partial charge in [0, 0.05) is 26.6 Å². The van der Waals surface area contributed by atoms with Crippen molar-refractivity contribution in [2.45, 2.75) is 52.0 Å². The minimum Gasteiger partial charge on any atom is -0.341 e. The van der Waals surface area contributed by atoms with E-state index in [1.165, 1.54) is 0 Å². The molecule has 0 radical (unpaired) electrons. The van der Waals surface area contributed by atoms with Crippen molar-refractivity contribution in [2.24, 2.45) is 5.92 Å². The summed E-state index contributed by atoms with van der Waals surface area (Å²) < 4.78 is 0. The molecule has 0 N–H and O–H groups in total. The highest BCUT2D eigenvalue weighted by Gasteiger charge is 2.34. The van der Waals surface area contributed by atoms with Gasteiger partial charge >= 0.3 is 0 Å². The van der Waals surface area contributed by atoms with Gasteiger partial charge in [-0.1, -0.05) is 6.92 Å². The Morgan fingerprint density at radius 1 is 1.00 bits per heavy atom. The van der Waals surface area contributed by atoms with Crippen LogP contribution in [0.15, 0.2) is 0 Å². The van der Waals surface area contributed by atoms with Gasteiger partial charge in [-0.05, 0) is 38.0 Å². The molecule has 2 heterocycles. The molecule has 2 amide bonds. The third-order valence-electron chi connectivity index (χ3n) is 4.29. The summed E-state index contributed by atoms with van der Waals surface area (Å²) in [6, 6.07) is -0.190. The molecule has 1 unspecified atom stereocenters. The Labute approximate surface area is 109 Å². The Bertz CT molecular complexity index is 322. The largest absolute Gasteiger partial charge is 0.341 e. The van der Waals surface area contributed by atoms with Gasteiger partial charge in [-0.15, -0.1) is 0 Å². The van der Waals surface area contributed by atoms with E-state index in [9.17, 15) is 9.59 Å². The van der Waals surface area contributed by atoms with E-state index in [0.29, 0.717) is 0 Å². The number of rotatable bonds is 1. The summed E-state index contributed by atoms with van der Waals surface area (Å²) in [6.07, 6.45) is 5.12. The van der Waals surface area contributed by atoms with Crippen LogP contribution in [0.5, 0.6) is 0 Å². The Kier molecular flexibility index (Phi) is 4.25. The van der Waals surface area contributed by atoms with Gasteiger partial charge in [-0.3, -0.25) is 9.59 Å². The van der Waals surface area contributed by atoms with Crippen LogP contribution in [0.25, 0.3) is 0 Å². The molecule has 1 atom stereocenters. The first-order chi connectivity index (χ1) is 8.59. The number of carbonyl (C=O) groups excluding carboxylic acids is 2. The van der Waals surface area contributed by atoms with Crippen molar-refractivity contribution >= 4 is 11.8 Å². The molecule has 102 valence electrons. The molecule has 0 aliphatic carbocycles. The molecule has 2 aliphatic heterocycles. The van der Waals surface area contributed by atoms with Crippen LogP contribution in [0.1, 0.15) is 46.0 Å². The Balaban J connectivity index is 2.00.